The Morgan fingerprint density at radius 1 is 1.38 bits per heavy atom. The van der Waals surface area contributed by atoms with Gasteiger partial charge < -0.3 is 20.4 Å². The van der Waals surface area contributed by atoms with Crippen LogP contribution in [0.2, 0.25) is 0 Å². The van der Waals surface area contributed by atoms with Gasteiger partial charge in [-0.15, -0.1) is 11.8 Å². The highest BCUT2D eigenvalue weighted by Gasteiger charge is 2.62. The Morgan fingerprint density at radius 2 is 2.17 bits per heavy atom. The molecule has 0 radical (unpaired) electrons. The van der Waals surface area contributed by atoms with E-state index in [-0.39, 0.29) is 28.8 Å². The van der Waals surface area contributed by atoms with Crippen LogP contribution in [-0.4, -0.2) is 62.7 Å². The lowest BCUT2D eigenvalue weighted by atomic mass is 9.72. The fourth-order valence-corrected chi connectivity index (χ4v) is 6.62. The number of carboxylic acids is 1. The number of carbonyl (C=O) groups excluding carboxylic acids is 1. The number of aliphatic hydroxyl groups is 1. The quantitative estimate of drug-likeness (QED) is 0.649. The van der Waals surface area contributed by atoms with E-state index in [9.17, 15) is 19.8 Å². The highest BCUT2D eigenvalue weighted by Crippen LogP contribution is 2.54. The Balaban J connectivity index is 1.67. The van der Waals surface area contributed by atoms with E-state index in [1.165, 1.54) is 4.90 Å². The zero-order chi connectivity index (χ0) is 17.0. The molecular weight excluding hydrogens is 328 g/mol. The van der Waals surface area contributed by atoms with Crippen molar-refractivity contribution in [2.24, 2.45) is 11.8 Å². The highest BCUT2D eigenvalue weighted by atomic mass is 32.2. The molecule has 1 unspecified atom stereocenters. The molecule has 0 bridgehead atoms. The normalized spacial score (nSPS) is 39.5. The minimum absolute atomic E-state index is 0.106. The van der Waals surface area contributed by atoms with Crippen molar-refractivity contribution in [2.45, 2.75) is 55.3 Å². The Morgan fingerprint density at radius 3 is 2.79 bits per heavy atom. The molecule has 132 valence electrons. The topological polar surface area (TPSA) is 89.9 Å². The molecule has 2 saturated heterocycles. The van der Waals surface area contributed by atoms with Crippen molar-refractivity contribution in [1.29, 1.82) is 0 Å². The third-order valence-electron chi connectivity index (χ3n) is 5.94. The van der Waals surface area contributed by atoms with E-state index in [1.54, 1.807) is 6.92 Å². The molecule has 24 heavy (non-hydrogen) atoms. The van der Waals surface area contributed by atoms with Gasteiger partial charge in [0.25, 0.3) is 0 Å². The molecule has 1 saturated carbocycles. The lowest BCUT2D eigenvalue weighted by molar-refractivity contribution is -0.163. The SMILES string of the molecule is C[C@@H](O)[C@H]1C(=O)N2C(C(=O)O)=C3[C@@H](S[C@H]4CCNC4)CCC[C@@H]3C12. The zero-order valence-corrected chi connectivity index (χ0v) is 14.6. The predicted octanol–water partition coefficient (Wildman–Crippen LogP) is 0.810. The van der Waals surface area contributed by atoms with Gasteiger partial charge in [-0.25, -0.2) is 4.79 Å². The summed E-state index contributed by atoms with van der Waals surface area (Å²) in [5.41, 5.74) is 1.18. The number of rotatable bonds is 4. The number of hydrogen-bond acceptors (Lipinski definition) is 5. The number of nitrogens with one attached hydrogen (secondary N) is 1. The monoisotopic (exact) mass is 352 g/mol. The van der Waals surface area contributed by atoms with Crippen LogP contribution >= 0.6 is 11.8 Å². The highest BCUT2D eigenvalue weighted by molar-refractivity contribution is 8.00. The van der Waals surface area contributed by atoms with Gasteiger partial charge in [0.1, 0.15) is 5.70 Å². The van der Waals surface area contributed by atoms with Crippen molar-refractivity contribution in [3.05, 3.63) is 11.3 Å². The van der Waals surface area contributed by atoms with E-state index < -0.39 is 18.0 Å². The van der Waals surface area contributed by atoms with Gasteiger partial charge in [0, 0.05) is 23.0 Å². The van der Waals surface area contributed by atoms with E-state index in [4.69, 9.17) is 0 Å². The van der Waals surface area contributed by atoms with Gasteiger partial charge in [-0.1, -0.05) is 6.42 Å². The molecule has 3 aliphatic heterocycles. The average Bonchev–Trinajstić information content (AvgIpc) is 3.11. The Labute approximate surface area is 145 Å². The maximum atomic E-state index is 12.4. The lowest BCUT2D eigenvalue weighted by Gasteiger charge is -2.47. The number of thioether (sulfide) groups is 1. The van der Waals surface area contributed by atoms with Gasteiger partial charge >= 0.3 is 5.97 Å². The van der Waals surface area contributed by atoms with Gasteiger partial charge in [0.15, 0.2) is 0 Å². The molecule has 3 heterocycles. The van der Waals surface area contributed by atoms with Crippen molar-refractivity contribution in [1.82, 2.24) is 10.2 Å². The van der Waals surface area contributed by atoms with Crippen LogP contribution in [0.5, 0.6) is 0 Å². The second-order valence-electron chi connectivity index (χ2n) is 7.35. The molecule has 0 aromatic carbocycles. The first-order valence-corrected chi connectivity index (χ1v) is 9.79. The first-order valence-electron chi connectivity index (χ1n) is 8.85. The minimum atomic E-state index is -0.994. The van der Waals surface area contributed by atoms with E-state index in [2.05, 4.69) is 5.32 Å². The lowest BCUT2D eigenvalue weighted by Crippen LogP contribution is -2.64. The number of β-lactam (4-membered cyclic amide) rings is 1. The number of nitrogens with zero attached hydrogens (tertiary/aromatic N) is 1. The number of amides is 1. The van der Waals surface area contributed by atoms with Crippen LogP contribution in [0.15, 0.2) is 11.3 Å². The van der Waals surface area contributed by atoms with Crippen LogP contribution in [0.4, 0.5) is 0 Å². The van der Waals surface area contributed by atoms with Crippen LogP contribution in [0.25, 0.3) is 0 Å². The number of aliphatic hydroxyl groups excluding tert-OH is 1. The molecule has 6 nitrogen and oxygen atoms in total. The molecule has 7 heteroatoms. The molecule has 6 atom stereocenters. The molecule has 4 rings (SSSR count). The number of fused-ring (bicyclic) bond motifs is 3. The van der Waals surface area contributed by atoms with Gasteiger partial charge in [0.05, 0.1) is 18.1 Å². The molecule has 1 aliphatic carbocycles. The molecule has 0 aromatic heterocycles. The Kier molecular flexibility index (Phi) is 4.13. The summed E-state index contributed by atoms with van der Waals surface area (Å²) in [7, 11) is 0. The van der Waals surface area contributed by atoms with Crippen molar-refractivity contribution in [2.75, 3.05) is 13.1 Å². The summed E-state index contributed by atoms with van der Waals surface area (Å²) in [5.74, 6) is -1.56. The van der Waals surface area contributed by atoms with Crippen molar-refractivity contribution < 1.29 is 19.8 Å². The van der Waals surface area contributed by atoms with E-state index in [1.807, 2.05) is 11.8 Å². The number of hydrogen-bond donors (Lipinski definition) is 3. The first kappa shape index (κ1) is 16.4. The standard InChI is InChI=1S/C17H24N2O4S/c1-8(20)12-14-10-3-2-4-11(24-9-5-6-18-7-9)13(10)15(17(22)23)19(14)16(12)21/h8-12,14,18,20H,2-7H2,1H3,(H,22,23)/t8-,9+,10+,11+,12-,14?/m1/s1. The van der Waals surface area contributed by atoms with Crippen LogP contribution in [-0.2, 0) is 9.59 Å². The molecule has 0 aromatic rings. The Hall–Kier alpha value is -1.05. The van der Waals surface area contributed by atoms with E-state index >= 15 is 0 Å². The van der Waals surface area contributed by atoms with Gasteiger partial charge in [-0.2, -0.15) is 0 Å². The number of carboxylic acid groups (broad SMARTS) is 1. The summed E-state index contributed by atoms with van der Waals surface area (Å²) in [4.78, 5) is 25.8. The number of carbonyl (C=O) groups is 2. The molecule has 1 amide bonds. The van der Waals surface area contributed by atoms with Gasteiger partial charge in [-0.05, 0) is 38.3 Å². The molecule has 3 N–H and O–H groups in total. The van der Waals surface area contributed by atoms with Gasteiger partial charge in [-0.3, -0.25) is 4.79 Å². The summed E-state index contributed by atoms with van der Waals surface area (Å²) in [6.45, 7) is 3.64. The van der Waals surface area contributed by atoms with Crippen LogP contribution in [0, 0.1) is 11.8 Å². The smallest absolute Gasteiger partial charge is 0.352 e. The van der Waals surface area contributed by atoms with E-state index in [0.717, 1.165) is 44.3 Å². The summed E-state index contributed by atoms with van der Waals surface area (Å²) >= 11 is 1.88. The van der Waals surface area contributed by atoms with Crippen LogP contribution in [0.3, 0.4) is 0 Å². The van der Waals surface area contributed by atoms with Crippen molar-refractivity contribution in [3.8, 4) is 0 Å². The minimum Gasteiger partial charge on any atom is -0.477 e. The summed E-state index contributed by atoms with van der Waals surface area (Å²) in [5, 5.41) is 23.8. The summed E-state index contributed by atoms with van der Waals surface area (Å²) in [6, 6.07) is -0.149. The summed E-state index contributed by atoms with van der Waals surface area (Å²) in [6.07, 6.45) is 3.36. The predicted molar refractivity (Wildman–Crippen MR) is 90.5 cm³/mol. The maximum absolute atomic E-state index is 12.4. The first-order chi connectivity index (χ1) is 11.5. The molecular formula is C17H24N2O4S. The van der Waals surface area contributed by atoms with E-state index in [0.29, 0.717) is 5.25 Å². The number of aliphatic carboxylic acids is 1. The molecule has 0 spiro atoms. The van der Waals surface area contributed by atoms with Gasteiger partial charge in [0.2, 0.25) is 5.91 Å². The fourth-order valence-electron chi connectivity index (χ4n) is 4.95. The fraction of sp³-hybridized carbons (Fsp3) is 0.765. The second kappa shape index (κ2) is 6.04. The average molecular weight is 352 g/mol. The molecule has 3 fully saturated rings. The zero-order valence-electron chi connectivity index (χ0n) is 13.8. The second-order valence-corrected chi connectivity index (χ2v) is 8.86. The third kappa shape index (κ3) is 2.32. The van der Waals surface area contributed by atoms with Crippen molar-refractivity contribution in [3.63, 3.8) is 0 Å². The largest absolute Gasteiger partial charge is 0.477 e. The third-order valence-corrected chi connectivity index (χ3v) is 7.54. The van der Waals surface area contributed by atoms with Crippen molar-refractivity contribution >= 4 is 23.6 Å². The molecule has 4 aliphatic rings. The Bertz CT molecular complexity index is 599. The van der Waals surface area contributed by atoms with Crippen LogP contribution in [0.1, 0.15) is 32.6 Å². The summed E-state index contributed by atoms with van der Waals surface area (Å²) < 4.78 is 0. The van der Waals surface area contributed by atoms with Crippen LogP contribution < -0.4 is 5.32 Å². The maximum Gasteiger partial charge on any atom is 0.352 e.